The number of carbonyl (C=O) groups excluding carboxylic acids is 2. The Morgan fingerprint density at radius 2 is 1.51 bits per heavy atom. The van der Waals surface area contributed by atoms with Crippen LogP contribution in [0.1, 0.15) is 47.7 Å². The fraction of sp³-hybridized carbons (Fsp3) is 0.462. The van der Waals surface area contributed by atoms with Crippen LogP contribution in [-0.4, -0.2) is 45.3 Å². The number of carbonyl (C=O) groups is 2. The van der Waals surface area contributed by atoms with Gasteiger partial charge in [-0.05, 0) is 61.6 Å². The molecule has 0 unspecified atom stereocenters. The number of hydrogen-bond acceptors (Lipinski definition) is 4. The summed E-state index contributed by atoms with van der Waals surface area (Å²) in [6.07, 6.45) is -7.65. The number of alkyl halides is 6. The van der Waals surface area contributed by atoms with Crippen LogP contribution < -0.4 is 20.9 Å². The number of piperidine rings is 1. The Balaban J connectivity index is 1.82. The van der Waals surface area contributed by atoms with Gasteiger partial charge < -0.3 is 25.6 Å². The van der Waals surface area contributed by atoms with Gasteiger partial charge in [-0.3, -0.25) is 4.79 Å². The molecule has 0 saturated carbocycles. The van der Waals surface area contributed by atoms with Crippen LogP contribution in [0.3, 0.4) is 0 Å². The SMILES string of the molecule is COCCCNC(=O)c1cc(NC(=O)Nc2cc(C(F)(F)F)cc(C(F)(F)F)c2)ccc1N1CCC(C)CC1. The summed E-state index contributed by atoms with van der Waals surface area (Å²) in [5.74, 6) is 0.155. The Bertz CT molecular complexity index is 1130. The van der Waals surface area contributed by atoms with Gasteiger partial charge in [-0.1, -0.05) is 6.92 Å². The average molecular weight is 561 g/mol. The van der Waals surface area contributed by atoms with Gasteiger partial charge in [-0.15, -0.1) is 0 Å². The van der Waals surface area contributed by atoms with Crippen LogP contribution in [0, 0.1) is 5.92 Å². The molecule has 1 saturated heterocycles. The number of benzene rings is 2. The van der Waals surface area contributed by atoms with E-state index in [1.54, 1.807) is 13.2 Å². The third-order valence-corrected chi connectivity index (χ3v) is 6.28. The van der Waals surface area contributed by atoms with Gasteiger partial charge in [0.15, 0.2) is 0 Å². The van der Waals surface area contributed by atoms with E-state index in [1.165, 1.54) is 12.1 Å². The minimum absolute atomic E-state index is 0.0271. The van der Waals surface area contributed by atoms with Crippen molar-refractivity contribution in [2.75, 3.05) is 48.9 Å². The zero-order valence-corrected chi connectivity index (χ0v) is 21.4. The molecule has 0 atom stereocenters. The first-order valence-corrected chi connectivity index (χ1v) is 12.3. The molecule has 0 spiro atoms. The summed E-state index contributed by atoms with van der Waals surface area (Å²) in [4.78, 5) is 27.6. The molecule has 3 rings (SSSR count). The fourth-order valence-corrected chi connectivity index (χ4v) is 4.16. The van der Waals surface area contributed by atoms with E-state index in [0.29, 0.717) is 43.3 Å². The maximum Gasteiger partial charge on any atom is 0.416 e. The molecule has 2 aromatic carbocycles. The number of urea groups is 1. The molecule has 1 aliphatic heterocycles. The van der Waals surface area contributed by atoms with Crippen molar-refractivity contribution in [1.82, 2.24) is 5.32 Å². The van der Waals surface area contributed by atoms with E-state index in [4.69, 9.17) is 4.74 Å². The highest BCUT2D eigenvalue weighted by molar-refractivity contribution is 6.04. The van der Waals surface area contributed by atoms with Crippen LogP contribution in [0.15, 0.2) is 36.4 Å². The number of anilines is 3. The van der Waals surface area contributed by atoms with Crippen LogP contribution >= 0.6 is 0 Å². The zero-order chi connectivity index (χ0) is 28.8. The molecule has 1 heterocycles. The zero-order valence-electron chi connectivity index (χ0n) is 21.4. The lowest BCUT2D eigenvalue weighted by Crippen LogP contribution is -2.35. The molecule has 39 heavy (non-hydrogen) atoms. The third kappa shape index (κ3) is 8.50. The lowest BCUT2D eigenvalue weighted by Gasteiger charge is -2.33. The van der Waals surface area contributed by atoms with Gasteiger partial charge in [-0.2, -0.15) is 26.3 Å². The summed E-state index contributed by atoms with van der Waals surface area (Å²) in [5, 5.41) is 7.20. The third-order valence-electron chi connectivity index (χ3n) is 6.28. The smallest absolute Gasteiger partial charge is 0.385 e. The average Bonchev–Trinajstić information content (AvgIpc) is 2.86. The van der Waals surface area contributed by atoms with E-state index in [0.717, 1.165) is 25.9 Å². The van der Waals surface area contributed by atoms with Crippen LogP contribution in [0.25, 0.3) is 0 Å². The first kappa shape index (κ1) is 30.1. The number of hydrogen-bond donors (Lipinski definition) is 3. The molecule has 214 valence electrons. The first-order chi connectivity index (χ1) is 18.3. The summed E-state index contributed by atoms with van der Waals surface area (Å²) >= 11 is 0. The first-order valence-electron chi connectivity index (χ1n) is 12.3. The number of nitrogens with zero attached hydrogens (tertiary/aromatic N) is 1. The highest BCUT2D eigenvalue weighted by Gasteiger charge is 2.37. The maximum absolute atomic E-state index is 13.1. The summed E-state index contributed by atoms with van der Waals surface area (Å²) in [7, 11) is 1.54. The van der Waals surface area contributed by atoms with Crippen LogP contribution in [0.5, 0.6) is 0 Å². The van der Waals surface area contributed by atoms with Crippen LogP contribution in [0.4, 0.5) is 48.2 Å². The molecule has 2 aromatic rings. The molecule has 3 amide bonds. The lowest BCUT2D eigenvalue weighted by molar-refractivity contribution is -0.143. The van der Waals surface area contributed by atoms with Crippen molar-refractivity contribution in [2.24, 2.45) is 5.92 Å². The second-order valence-corrected chi connectivity index (χ2v) is 9.38. The second-order valence-electron chi connectivity index (χ2n) is 9.38. The van der Waals surface area contributed by atoms with Crippen molar-refractivity contribution in [2.45, 2.75) is 38.5 Å². The number of amides is 3. The number of rotatable bonds is 8. The molecule has 0 radical (unpaired) electrons. The number of nitrogens with one attached hydrogen (secondary N) is 3. The number of ether oxygens (including phenoxy) is 1. The van der Waals surface area contributed by atoms with Crippen LogP contribution in [-0.2, 0) is 17.1 Å². The number of halogens is 6. The molecular weight excluding hydrogens is 530 g/mol. The van der Waals surface area contributed by atoms with E-state index >= 15 is 0 Å². The summed E-state index contributed by atoms with van der Waals surface area (Å²) in [5.41, 5.74) is -2.74. The molecule has 1 fully saturated rings. The normalized spacial score (nSPS) is 14.7. The Morgan fingerprint density at radius 1 is 0.923 bits per heavy atom. The summed E-state index contributed by atoms with van der Waals surface area (Å²) in [6, 6.07) is 4.31. The highest BCUT2D eigenvalue weighted by Crippen LogP contribution is 2.37. The van der Waals surface area contributed by atoms with Gasteiger partial charge in [0, 0.05) is 50.4 Å². The highest BCUT2D eigenvalue weighted by atomic mass is 19.4. The van der Waals surface area contributed by atoms with E-state index in [9.17, 15) is 35.9 Å². The standard InChI is InChI=1S/C26H30F6N4O3/c1-16-6-9-36(10-7-16)22-5-4-19(15-21(22)23(37)33-8-3-11-39-2)34-24(38)35-20-13-17(25(27,28)29)12-18(14-20)26(30,31)32/h4-5,12-16H,3,6-11H2,1-2H3,(H,33,37)(H2,34,35,38). The second kappa shape index (κ2) is 12.6. The van der Waals surface area contributed by atoms with E-state index in [-0.39, 0.29) is 17.3 Å². The summed E-state index contributed by atoms with van der Waals surface area (Å²) < 4.78 is 83.8. The molecular formula is C26H30F6N4O3. The molecule has 0 aliphatic carbocycles. The molecule has 1 aliphatic rings. The van der Waals surface area contributed by atoms with Gasteiger partial charge in [0.25, 0.3) is 5.91 Å². The monoisotopic (exact) mass is 560 g/mol. The minimum atomic E-state index is -5.05. The predicted octanol–water partition coefficient (Wildman–Crippen LogP) is 6.37. The Morgan fingerprint density at radius 3 is 2.08 bits per heavy atom. The van der Waals surface area contributed by atoms with Gasteiger partial charge in [-0.25, -0.2) is 4.79 Å². The van der Waals surface area contributed by atoms with Crippen molar-refractivity contribution in [3.05, 3.63) is 53.1 Å². The van der Waals surface area contributed by atoms with Crippen LogP contribution in [0.2, 0.25) is 0 Å². The Kier molecular flexibility index (Phi) is 9.70. The largest absolute Gasteiger partial charge is 0.416 e. The topological polar surface area (TPSA) is 82.7 Å². The van der Waals surface area contributed by atoms with Crippen molar-refractivity contribution in [3.8, 4) is 0 Å². The molecule has 13 heteroatoms. The van der Waals surface area contributed by atoms with Crippen molar-refractivity contribution < 1.29 is 40.7 Å². The van der Waals surface area contributed by atoms with E-state index in [1.807, 2.05) is 5.32 Å². The van der Waals surface area contributed by atoms with E-state index in [2.05, 4.69) is 22.5 Å². The summed E-state index contributed by atoms with van der Waals surface area (Å²) in [6.45, 7) is 4.41. The fourth-order valence-electron chi connectivity index (χ4n) is 4.16. The predicted molar refractivity (Wildman–Crippen MR) is 135 cm³/mol. The van der Waals surface area contributed by atoms with Gasteiger partial charge in [0.2, 0.25) is 0 Å². The molecule has 0 aromatic heterocycles. The Hall–Kier alpha value is -3.48. The van der Waals surface area contributed by atoms with Crippen molar-refractivity contribution in [3.63, 3.8) is 0 Å². The van der Waals surface area contributed by atoms with E-state index < -0.39 is 41.1 Å². The molecule has 0 bridgehead atoms. The van der Waals surface area contributed by atoms with Gasteiger partial charge in [0.1, 0.15) is 0 Å². The van der Waals surface area contributed by atoms with Gasteiger partial charge in [0.05, 0.1) is 16.7 Å². The Labute approximate surface area is 221 Å². The molecule has 7 nitrogen and oxygen atoms in total. The lowest BCUT2D eigenvalue weighted by atomic mass is 9.98. The molecule has 3 N–H and O–H groups in total. The van der Waals surface area contributed by atoms with Gasteiger partial charge >= 0.3 is 18.4 Å². The number of methoxy groups -OCH3 is 1. The van der Waals surface area contributed by atoms with Crippen molar-refractivity contribution in [1.29, 1.82) is 0 Å². The quantitative estimate of drug-likeness (QED) is 0.259. The minimum Gasteiger partial charge on any atom is -0.385 e. The van der Waals surface area contributed by atoms with Crippen molar-refractivity contribution >= 4 is 29.0 Å². The maximum atomic E-state index is 13.1.